The Morgan fingerprint density at radius 1 is 1.12 bits per heavy atom. The molecule has 0 aromatic heterocycles. The lowest BCUT2D eigenvalue weighted by Gasteiger charge is -2.34. The van der Waals surface area contributed by atoms with Crippen molar-refractivity contribution < 1.29 is 9.47 Å². The molecule has 0 fully saturated rings. The number of hydrogen-bond donors (Lipinski definition) is 0. The van der Waals surface area contributed by atoms with Crippen molar-refractivity contribution in [3.05, 3.63) is 12.2 Å². The molecule has 1 aliphatic rings. The summed E-state index contributed by atoms with van der Waals surface area (Å²) in [6, 6.07) is 0. The van der Waals surface area contributed by atoms with Gasteiger partial charge in [0.2, 0.25) is 0 Å². The van der Waals surface area contributed by atoms with Crippen LogP contribution in [0.5, 0.6) is 0 Å². The third-order valence-corrected chi connectivity index (χ3v) is 2.99. The molecule has 0 aromatic carbocycles. The minimum atomic E-state index is 0.218. The minimum absolute atomic E-state index is 0.218. The average molecular weight is 225 g/mol. The summed E-state index contributed by atoms with van der Waals surface area (Å²) < 4.78 is 11.5. The second kappa shape index (κ2) is 7.86. The second-order valence-corrected chi connectivity index (χ2v) is 4.72. The molecule has 1 radical (unpaired) electrons. The fourth-order valence-electron chi connectivity index (χ4n) is 2.00. The zero-order valence-electron chi connectivity index (χ0n) is 10.8. The lowest BCUT2D eigenvalue weighted by Crippen LogP contribution is -2.33. The van der Waals surface area contributed by atoms with E-state index in [2.05, 4.69) is 26.0 Å². The van der Waals surface area contributed by atoms with Gasteiger partial charge >= 0.3 is 0 Å². The van der Waals surface area contributed by atoms with Crippen LogP contribution in [0.15, 0.2) is 6.08 Å². The van der Waals surface area contributed by atoms with Gasteiger partial charge in [0, 0.05) is 18.6 Å². The van der Waals surface area contributed by atoms with Crippen LogP contribution in [-0.4, -0.2) is 26.4 Å². The standard InChI is InChI=1S/C14H25O2/c1-3-10-15-12-14(13-16-11-4-2)8-6-5-7-9-14/h6H,3-4,7-13H2,1-2H3. The van der Waals surface area contributed by atoms with Crippen LogP contribution in [0.3, 0.4) is 0 Å². The number of allylic oxidation sites excluding steroid dienone is 2. The third-order valence-electron chi connectivity index (χ3n) is 2.99. The predicted molar refractivity (Wildman–Crippen MR) is 66.3 cm³/mol. The van der Waals surface area contributed by atoms with Crippen LogP contribution in [-0.2, 0) is 9.47 Å². The number of ether oxygens (including phenoxy) is 2. The molecule has 1 rings (SSSR count). The Kier molecular flexibility index (Phi) is 6.74. The van der Waals surface area contributed by atoms with Gasteiger partial charge in [-0.05, 0) is 38.2 Å². The quantitative estimate of drug-likeness (QED) is 0.590. The highest BCUT2D eigenvalue weighted by Gasteiger charge is 2.30. The highest BCUT2D eigenvalue weighted by atomic mass is 16.5. The Bertz CT molecular complexity index is 189. The SMILES string of the molecule is CCCOCC1(COCCC)CC=[C]CC1. The normalized spacial score (nSPS) is 18.9. The summed E-state index contributed by atoms with van der Waals surface area (Å²) in [4.78, 5) is 0. The molecular formula is C14H25O2. The largest absolute Gasteiger partial charge is 0.381 e. The molecule has 0 saturated heterocycles. The van der Waals surface area contributed by atoms with E-state index < -0.39 is 0 Å². The van der Waals surface area contributed by atoms with Crippen LogP contribution in [0, 0.1) is 11.5 Å². The molecule has 0 bridgehead atoms. The molecule has 2 heteroatoms. The van der Waals surface area contributed by atoms with Crippen molar-refractivity contribution in [3.63, 3.8) is 0 Å². The first-order chi connectivity index (χ1) is 7.83. The first kappa shape index (κ1) is 13.7. The Balaban J connectivity index is 2.37. The van der Waals surface area contributed by atoms with Gasteiger partial charge in [-0.15, -0.1) is 0 Å². The molecule has 0 spiro atoms. The molecule has 16 heavy (non-hydrogen) atoms. The highest BCUT2D eigenvalue weighted by Crippen LogP contribution is 2.33. The van der Waals surface area contributed by atoms with Crippen LogP contribution in [0.25, 0.3) is 0 Å². The van der Waals surface area contributed by atoms with Crippen molar-refractivity contribution in [2.24, 2.45) is 5.41 Å². The zero-order chi connectivity index (χ0) is 11.7. The molecule has 0 aliphatic heterocycles. The maximum absolute atomic E-state index is 5.73. The fraction of sp³-hybridized carbons (Fsp3) is 0.857. The van der Waals surface area contributed by atoms with E-state index in [0.29, 0.717) is 0 Å². The summed E-state index contributed by atoms with van der Waals surface area (Å²) in [5, 5.41) is 0. The van der Waals surface area contributed by atoms with Gasteiger partial charge in [-0.25, -0.2) is 0 Å². The van der Waals surface area contributed by atoms with Crippen molar-refractivity contribution in [3.8, 4) is 0 Å². The fourth-order valence-corrected chi connectivity index (χ4v) is 2.00. The van der Waals surface area contributed by atoms with Crippen LogP contribution in [0.4, 0.5) is 0 Å². The summed E-state index contributed by atoms with van der Waals surface area (Å²) in [5.74, 6) is 0. The smallest absolute Gasteiger partial charge is 0.0547 e. The van der Waals surface area contributed by atoms with Crippen LogP contribution < -0.4 is 0 Å². The lowest BCUT2D eigenvalue weighted by atomic mass is 9.78. The van der Waals surface area contributed by atoms with Gasteiger partial charge in [-0.2, -0.15) is 0 Å². The number of rotatable bonds is 8. The summed E-state index contributed by atoms with van der Waals surface area (Å²) in [5.41, 5.74) is 0.218. The van der Waals surface area contributed by atoms with Crippen LogP contribution in [0.2, 0.25) is 0 Å². The molecule has 0 saturated carbocycles. The maximum Gasteiger partial charge on any atom is 0.0547 e. The Morgan fingerprint density at radius 3 is 2.19 bits per heavy atom. The van der Waals surface area contributed by atoms with E-state index in [9.17, 15) is 0 Å². The first-order valence-electron chi connectivity index (χ1n) is 6.53. The van der Waals surface area contributed by atoms with E-state index in [0.717, 1.165) is 58.5 Å². The van der Waals surface area contributed by atoms with E-state index in [-0.39, 0.29) is 5.41 Å². The van der Waals surface area contributed by atoms with Crippen molar-refractivity contribution >= 4 is 0 Å². The Labute approximate surface area is 100 Å². The average Bonchev–Trinajstić information content (AvgIpc) is 2.31. The molecule has 1 aliphatic carbocycles. The summed E-state index contributed by atoms with van der Waals surface area (Å²) in [6.45, 7) is 7.70. The molecule has 0 unspecified atom stereocenters. The molecule has 0 aromatic rings. The summed E-state index contributed by atoms with van der Waals surface area (Å²) >= 11 is 0. The van der Waals surface area contributed by atoms with E-state index in [1.165, 1.54) is 0 Å². The minimum Gasteiger partial charge on any atom is -0.381 e. The van der Waals surface area contributed by atoms with Gasteiger partial charge in [-0.3, -0.25) is 0 Å². The van der Waals surface area contributed by atoms with E-state index >= 15 is 0 Å². The molecule has 0 amide bonds. The summed E-state index contributed by atoms with van der Waals surface area (Å²) in [7, 11) is 0. The van der Waals surface area contributed by atoms with Crippen molar-refractivity contribution in [2.75, 3.05) is 26.4 Å². The van der Waals surface area contributed by atoms with Gasteiger partial charge in [0.05, 0.1) is 13.2 Å². The van der Waals surface area contributed by atoms with Crippen LogP contribution >= 0.6 is 0 Å². The topological polar surface area (TPSA) is 18.5 Å². The lowest BCUT2D eigenvalue weighted by molar-refractivity contribution is -0.0278. The molecule has 2 nitrogen and oxygen atoms in total. The highest BCUT2D eigenvalue weighted by molar-refractivity contribution is 4.94. The van der Waals surface area contributed by atoms with Gasteiger partial charge in [0.1, 0.15) is 0 Å². The van der Waals surface area contributed by atoms with Crippen molar-refractivity contribution in [1.29, 1.82) is 0 Å². The molecule has 93 valence electrons. The second-order valence-electron chi connectivity index (χ2n) is 4.72. The van der Waals surface area contributed by atoms with Crippen molar-refractivity contribution in [2.45, 2.75) is 46.0 Å². The summed E-state index contributed by atoms with van der Waals surface area (Å²) in [6.07, 6.45) is 10.9. The molecular weight excluding hydrogens is 200 g/mol. The van der Waals surface area contributed by atoms with Gasteiger partial charge in [0.25, 0.3) is 0 Å². The zero-order valence-corrected chi connectivity index (χ0v) is 10.8. The van der Waals surface area contributed by atoms with Gasteiger partial charge in [-0.1, -0.05) is 19.9 Å². The predicted octanol–water partition coefficient (Wildman–Crippen LogP) is 3.37. The Hall–Kier alpha value is -0.340. The molecule has 0 atom stereocenters. The van der Waals surface area contributed by atoms with E-state index in [1.54, 1.807) is 0 Å². The monoisotopic (exact) mass is 225 g/mol. The molecule has 0 N–H and O–H groups in total. The third kappa shape index (κ3) is 4.67. The first-order valence-corrected chi connectivity index (χ1v) is 6.53. The van der Waals surface area contributed by atoms with E-state index in [1.807, 2.05) is 0 Å². The molecule has 0 heterocycles. The van der Waals surface area contributed by atoms with Crippen LogP contribution in [0.1, 0.15) is 46.0 Å². The number of hydrogen-bond acceptors (Lipinski definition) is 2. The van der Waals surface area contributed by atoms with Crippen molar-refractivity contribution in [1.82, 2.24) is 0 Å². The van der Waals surface area contributed by atoms with E-state index in [4.69, 9.17) is 9.47 Å². The van der Waals surface area contributed by atoms with Gasteiger partial charge < -0.3 is 9.47 Å². The van der Waals surface area contributed by atoms with Gasteiger partial charge in [0.15, 0.2) is 0 Å². The Morgan fingerprint density at radius 2 is 1.75 bits per heavy atom. The maximum atomic E-state index is 5.73.